The molecule has 1 heterocycles. The molecule has 1 aliphatic carbocycles. The summed E-state index contributed by atoms with van der Waals surface area (Å²) < 4.78 is 5.56. The number of pyridine rings is 1. The van der Waals surface area contributed by atoms with Crippen molar-refractivity contribution < 1.29 is 4.74 Å². The van der Waals surface area contributed by atoms with Gasteiger partial charge in [-0.1, -0.05) is 0 Å². The van der Waals surface area contributed by atoms with Crippen molar-refractivity contribution in [3.63, 3.8) is 0 Å². The zero-order valence-electron chi connectivity index (χ0n) is 8.49. The van der Waals surface area contributed by atoms with Gasteiger partial charge in [-0.05, 0) is 32.3 Å². The lowest BCUT2D eigenvalue weighted by Crippen LogP contribution is -2.19. The van der Waals surface area contributed by atoms with E-state index < -0.39 is 0 Å². The highest BCUT2D eigenvalue weighted by molar-refractivity contribution is 5.38. The van der Waals surface area contributed by atoms with Crippen LogP contribution in [0.15, 0.2) is 12.3 Å². The van der Waals surface area contributed by atoms with Crippen molar-refractivity contribution in [1.82, 2.24) is 4.98 Å². The molecule has 1 aromatic heterocycles. The summed E-state index contributed by atoms with van der Waals surface area (Å²) in [6.07, 6.45) is 5.01. The van der Waals surface area contributed by atoms with Gasteiger partial charge < -0.3 is 10.5 Å². The smallest absolute Gasteiger partial charge is 0.125 e. The normalized spacial score (nSPS) is 20.3. The van der Waals surface area contributed by atoms with Crippen LogP contribution in [0.25, 0.3) is 0 Å². The quantitative estimate of drug-likeness (QED) is 0.777. The van der Waals surface area contributed by atoms with Gasteiger partial charge in [0.15, 0.2) is 0 Å². The van der Waals surface area contributed by atoms with Crippen LogP contribution in [0.2, 0.25) is 0 Å². The molecule has 76 valence electrons. The van der Waals surface area contributed by atoms with Crippen molar-refractivity contribution in [3.8, 4) is 5.75 Å². The Balaban J connectivity index is 2.39. The van der Waals surface area contributed by atoms with Gasteiger partial charge in [0.05, 0.1) is 12.3 Å². The largest absolute Gasteiger partial charge is 0.493 e. The lowest BCUT2D eigenvalue weighted by Gasteiger charge is -2.22. The van der Waals surface area contributed by atoms with Crippen LogP contribution < -0.4 is 10.5 Å². The van der Waals surface area contributed by atoms with Crippen molar-refractivity contribution in [2.24, 2.45) is 5.73 Å². The van der Waals surface area contributed by atoms with Gasteiger partial charge in [0.2, 0.25) is 0 Å². The number of ether oxygens (including phenoxy) is 1. The average Bonchev–Trinajstić information content (AvgIpc) is 2.20. The molecule has 0 aliphatic heterocycles. The summed E-state index contributed by atoms with van der Waals surface area (Å²) in [6, 6.07) is 2.03. The molecule has 1 aromatic rings. The minimum Gasteiger partial charge on any atom is -0.493 e. The number of nitrogens with two attached hydrogens (primary N) is 1. The standard InChI is InChI=1S/C11H16N2O/c1-2-14-10-6-7-13-11-8(10)4-3-5-9(11)12/h6-7,9H,2-5,12H2,1H3/t9-/m1/s1. The Hall–Kier alpha value is -1.09. The second kappa shape index (κ2) is 3.96. The van der Waals surface area contributed by atoms with Crippen molar-refractivity contribution in [3.05, 3.63) is 23.5 Å². The summed E-state index contributed by atoms with van der Waals surface area (Å²) in [5.74, 6) is 0.965. The fraction of sp³-hybridized carbons (Fsp3) is 0.545. The number of nitrogens with zero attached hydrogens (tertiary/aromatic N) is 1. The van der Waals surface area contributed by atoms with E-state index in [2.05, 4.69) is 4.98 Å². The molecule has 3 heteroatoms. The maximum atomic E-state index is 5.99. The SMILES string of the molecule is CCOc1ccnc2c1CCC[C@H]2N. The average molecular weight is 192 g/mol. The molecule has 0 unspecified atom stereocenters. The highest BCUT2D eigenvalue weighted by Gasteiger charge is 2.20. The highest BCUT2D eigenvalue weighted by atomic mass is 16.5. The predicted molar refractivity (Wildman–Crippen MR) is 55.3 cm³/mol. The van der Waals surface area contributed by atoms with Crippen molar-refractivity contribution >= 4 is 0 Å². The van der Waals surface area contributed by atoms with Crippen LogP contribution in [0.3, 0.4) is 0 Å². The molecule has 0 saturated carbocycles. The molecule has 0 radical (unpaired) electrons. The van der Waals surface area contributed by atoms with Gasteiger partial charge in [-0.15, -0.1) is 0 Å². The highest BCUT2D eigenvalue weighted by Crippen LogP contribution is 2.32. The third-order valence-corrected chi connectivity index (χ3v) is 2.64. The molecule has 0 spiro atoms. The second-order valence-electron chi connectivity index (χ2n) is 3.60. The lowest BCUT2D eigenvalue weighted by molar-refractivity contribution is 0.332. The molecule has 1 atom stereocenters. The number of hydrogen-bond acceptors (Lipinski definition) is 3. The summed E-state index contributed by atoms with van der Waals surface area (Å²) in [6.45, 7) is 2.70. The third kappa shape index (κ3) is 1.60. The van der Waals surface area contributed by atoms with E-state index in [1.807, 2.05) is 13.0 Å². The first-order valence-corrected chi connectivity index (χ1v) is 5.19. The minimum absolute atomic E-state index is 0.0964. The van der Waals surface area contributed by atoms with E-state index in [0.717, 1.165) is 30.7 Å². The molecular weight excluding hydrogens is 176 g/mol. The van der Waals surface area contributed by atoms with E-state index in [1.54, 1.807) is 6.20 Å². The summed E-state index contributed by atoms with van der Waals surface area (Å²) in [4.78, 5) is 4.34. The summed E-state index contributed by atoms with van der Waals surface area (Å²) in [5.41, 5.74) is 8.24. The van der Waals surface area contributed by atoms with Crippen LogP contribution in [-0.2, 0) is 6.42 Å². The van der Waals surface area contributed by atoms with Gasteiger partial charge in [-0.3, -0.25) is 4.98 Å². The lowest BCUT2D eigenvalue weighted by atomic mass is 9.92. The number of fused-ring (bicyclic) bond motifs is 1. The van der Waals surface area contributed by atoms with E-state index >= 15 is 0 Å². The predicted octanol–water partition coefficient (Wildman–Crippen LogP) is 1.82. The number of rotatable bonds is 2. The molecular formula is C11H16N2O. The first-order chi connectivity index (χ1) is 6.83. The van der Waals surface area contributed by atoms with Crippen LogP contribution in [0.1, 0.15) is 37.1 Å². The molecule has 1 aliphatic rings. The van der Waals surface area contributed by atoms with E-state index in [1.165, 1.54) is 5.56 Å². The van der Waals surface area contributed by atoms with Gasteiger partial charge in [0, 0.05) is 17.8 Å². The molecule has 2 N–H and O–H groups in total. The number of aromatic nitrogens is 1. The van der Waals surface area contributed by atoms with Crippen LogP contribution in [0, 0.1) is 0 Å². The van der Waals surface area contributed by atoms with Gasteiger partial charge in [0.25, 0.3) is 0 Å². The zero-order valence-corrected chi connectivity index (χ0v) is 8.49. The summed E-state index contributed by atoms with van der Waals surface area (Å²) in [7, 11) is 0. The summed E-state index contributed by atoms with van der Waals surface area (Å²) >= 11 is 0. The fourth-order valence-electron chi connectivity index (χ4n) is 1.99. The molecule has 14 heavy (non-hydrogen) atoms. The first kappa shape index (κ1) is 9.46. The maximum Gasteiger partial charge on any atom is 0.125 e. The van der Waals surface area contributed by atoms with Crippen LogP contribution in [0.4, 0.5) is 0 Å². The first-order valence-electron chi connectivity index (χ1n) is 5.19. The topological polar surface area (TPSA) is 48.1 Å². The molecule has 2 rings (SSSR count). The monoisotopic (exact) mass is 192 g/mol. The van der Waals surface area contributed by atoms with E-state index in [4.69, 9.17) is 10.5 Å². The Morgan fingerprint density at radius 1 is 1.64 bits per heavy atom. The maximum absolute atomic E-state index is 5.99. The number of hydrogen-bond donors (Lipinski definition) is 1. The van der Waals surface area contributed by atoms with Gasteiger partial charge in [0.1, 0.15) is 5.75 Å². The third-order valence-electron chi connectivity index (χ3n) is 2.64. The van der Waals surface area contributed by atoms with E-state index in [0.29, 0.717) is 6.61 Å². The van der Waals surface area contributed by atoms with Gasteiger partial charge in [-0.25, -0.2) is 0 Å². The van der Waals surface area contributed by atoms with Crippen molar-refractivity contribution in [1.29, 1.82) is 0 Å². The summed E-state index contributed by atoms with van der Waals surface area (Å²) in [5, 5.41) is 0. The zero-order chi connectivity index (χ0) is 9.97. The molecule has 0 aromatic carbocycles. The van der Waals surface area contributed by atoms with Crippen LogP contribution in [0.5, 0.6) is 5.75 Å². The Kier molecular flexibility index (Phi) is 2.68. The fourth-order valence-corrected chi connectivity index (χ4v) is 1.99. The van der Waals surface area contributed by atoms with E-state index in [-0.39, 0.29) is 6.04 Å². The molecule has 0 amide bonds. The van der Waals surface area contributed by atoms with Crippen molar-refractivity contribution in [2.75, 3.05) is 6.61 Å². The van der Waals surface area contributed by atoms with E-state index in [9.17, 15) is 0 Å². The van der Waals surface area contributed by atoms with Crippen LogP contribution in [-0.4, -0.2) is 11.6 Å². The van der Waals surface area contributed by atoms with Gasteiger partial charge >= 0.3 is 0 Å². The molecule has 0 saturated heterocycles. The Bertz CT molecular complexity index is 325. The second-order valence-corrected chi connectivity index (χ2v) is 3.60. The Morgan fingerprint density at radius 2 is 2.50 bits per heavy atom. The Labute approximate surface area is 84.3 Å². The van der Waals surface area contributed by atoms with Crippen molar-refractivity contribution in [2.45, 2.75) is 32.2 Å². The molecule has 0 fully saturated rings. The van der Waals surface area contributed by atoms with Gasteiger partial charge in [-0.2, -0.15) is 0 Å². The molecule has 3 nitrogen and oxygen atoms in total. The molecule has 0 bridgehead atoms. The minimum atomic E-state index is 0.0964. The van der Waals surface area contributed by atoms with Crippen LogP contribution >= 0.6 is 0 Å². The Morgan fingerprint density at radius 3 is 3.29 bits per heavy atom.